The van der Waals surface area contributed by atoms with Gasteiger partial charge in [-0.15, -0.1) is 0 Å². The summed E-state index contributed by atoms with van der Waals surface area (Å²) in [7, 11) is 4.35. The number of fused-ring (bicyclic) bond motifs is 3. The molecule has 21 nitrogen and oxygen atoms in total. The normalized spacial score (nSPS) is 30.7. The van der Waals surface area contributed by atoms with E-state index in [4.69, 9.17) is 23.7 Å². The number of aromatic nitrogens is 2. The summed E-state index contributed by atoms with van der Waals surface area (Å²) < 4.78 is 85.9. The lowest BCUT2D eigenvalue weighted by Gasteiger charge is -2.45. The Labute approximate surface area is 525 Å². The minimum absolute atomic E-state index is 0.0116. The average molecular weight is 1270 g/mol. The standard InChI is InChI=1S/C65H93F4N7O14/c1-10-41-19-21-53-56(88-9)30-39(5)64(85,90-53)58(81)61(83)76-22-13-12-16-49(76)62(84)89-36-45(38(4)29-42-18-20-50(77)55(31-42)87-8)40(6)51(78)34-52(79)43(28-37(3)27-41)15-14-17-57(80)74-23-25-75(26-24-74)60(82)44-32-54(86-7)48(33-47(44)66)72-63-71-35-46(65(67,68)69)59(73-63)70-11-2/h28-29,32-33,35,39-43,45,49-51,53,55-56,77-78,85H,10-27,30-31,34,36H2,1-9H3,(H2,70,71,72,73)/b37-28+,38-29+/t39-,40+,41-,42+,43-,45-,49+,50-,51+,53-,55-,56+,64-/m1/s1. The number of benzene rings is 1. The van der Waals surface area contributed by atoms with Crippen molar-refractivity contribution >= 4 is 52.7 Å². The van der Waals surface area contributed by atoms with E-state index in [0.717, 1.165) is 23.6 Å². The minimum Gasteiger partial charge on any atom is -0.495 e. The molecule has 2 bridgehead atoms. The van der Waals surface area contributed by atoms with Gasteiger partial charge in [0.05, 0.1) is 55.5 Å². The van der Waals surface area contributed by atoms with E-state index in [-0.39, 0.29) is 131 Å². The number of nitrogens with one attached hydrogen (secondary N) is 2. The number of Topliss-reactive ketones (excluding diaryl/α,β-unsaturated/α-hetero) is 2. The highest BCUT2D eigenvalue weighted by molar-refractivity contribution is 6.39. The lowest BCUT2D eigenvalue weighted by Crippen LogP contribution is -2.62. The van der Waals surface area contributed by atoms with Crippen LogP contribution in [0.3, 0.4) is 0 Å². The van der Waals surface area contributed by atoms with Crippen molar-refractivity contribution in [3.8, 4) is 5.75 Å². The zero-order valence-electron chi connectivity index (χ0n) is 53.5. The molecule has 0 unspecified atom stereocenters. The number of piperidine rings is 1. The molecule has 4 fully saturated rings. The first kappa shape index (κ1) is 71.3. The summed E-state index contributed by atoms with van der Waals surface area (Å²) in [5.41, 5.74) is 0.207. The van der Waals surface area contributed by atoms with E-state index in [9.17, 15) is 57.3 Å². The number of anilines is 3. The number of carbonyl (C=O) groups excluding carboxylic acids is 6. The van der Waals surface area contributed by atoms with Crippen LogP contribution in [-0.2, 0) is 49.1 Å². The fourth-order valence-electron chi connectivity index (χ4n) is 13.4. The lowest BCUT2D eigenvalue weighted by molar-refractivity contribution is -0.287. The first-order valence-electron chi connectivity index (χ1n) is 31.9. The van der Waals surface area contributed by atoms with Gasteiger partial charge < -0.3 is 64.3 Å². The molecule has 7 rings (SSSR count). The Morgan fingerprint density at radius 1 is 0.900 bits per heavy atom. The Balaban J connectivity index is 1.08. The molecule has 1 aromatic heterocycles. The number of ether oxygens (including phenoxy) is 5. The van der Waals surface area contributed by atoms with E-state index in [2.05, 4.69) is 20.6 Å². The molecule has 5 N–H and O–H groups in total. The van der Waals surface area contributed by atoms with Crippen molar-refractivity contribution in [1.82, 2.24) is 24.7 Å². The Morgan fingerprint density at radius 3 is 2.28 bits per heavy atom. The van der Waals surface area contributed by atoms with Gasteiger partial charge in [-0.2, -0.15) is 18.2 Å². The summed E-state index contributed by atoms with van der Waals surface area (Å²) in [6.07, 6.45) is 2.02. The lowest BCUT2D eigenvalue weighted by atomic mass is 9.78. The number of amides is 3. The number of allylic oxidation sites excluding steroid dienone is 3. The number of aliphatic hydroxyl groups is 3. The highest BCUT2D eigenvalue weighted by Gasteiger charge is 2.55. The molecule has 2 aromatic rings. The van der Waals surface area contributed by atoms with Crippen LogP contribution in [0.15, 0.2) is 41.6 Å². The summed E-state index contributed by atoms with van der Waals surface area (Å²) in [5.74, 6) is -11.2. The third-order valence-electron chi connectivity index (χ3n) is 19.1. The zero-order chi connectivity index (χ0) is 65.8. The van der Waals surface area contributed by atoms with Crippen molar-refractivity contribution in [2.45, 2.75) is 186 Å². The van der Waals surface area contributed by atoms with Crippen molar-refractivity contribution in [1.29, 1.82) is 0 Å². The van der Waals surface area contributed by atoms with Gasteiger partial charge in [0.2, 0.25) is 17.6 Å². The zero-order valence-corrected chi connectivity index (χ0v) is 53.5. The van der Waals surface area contributed by atoms with Crippen LogP contribution in [0, 0.1) is 41.3 Å². The molecule has 5 aliphatic rings. The number of nitrogens with zero attached hydrogens (tertiary/aromatic N) is 5. The van der Waals surface area contributed by atoms with E-state index in [1.165, 1.54) is 30.1 Å². The fraction of sp³-hybridized carbons (Fsp3) is 0.692. The third kappa shape index (κ3) is 17.5. The van der Waals surface area contributed by atoms with Gasteiger partial charge in [0.1, 0.15) is 34.8 Å². The van der Waals surface area contributed by atoms with Crippen LogP contribution >= 0.6 is 0 Å². The first-order valence-corrected chi connectivity index (χ1v) is 31.9. The second kappa shape index (κ2) is 31.9. The highest BCUT2D eigenvalue weighted by atomic mass is 19.4. The molecule has 4 aliphatic heterocycles. The average Bonchev–Trinajstić information content (AvgIpc) is 0.837. The maximum atomic E-state index is 15.8. The number of hydrogen-bond donors (Lipinski definition) is 5. The van der Waals surface area contributed by atoms with E-state index in [1.807, 2.05) is 32.9 Å². The SMILES string of the molecule is CCNc1nc(Nc2cc(F)c(C(=O)N3CCN(C(=O)CCC[C@@H]4/C=C(\C)C[C@H](CC)CC[C@H]5O[C@@](O)(C(=O)C(=O)N6CCCC[C@H]6C(=O)OC[C@H](/C(C)=C/[C@@H]6CC[C@@H](O)[C@H](OC)C6)[C@H](C)[C@@H](O)CC4=O)[C@H](C)C[C@@H]5OC)CC3)cc2OC)ncc1C(F)(F)F. The molecule has 5 heterocycles. The number of ketones is 2. The minimum atomic E-state index is -4.73. The molecular formula is C65H93F4N7O14. The fourth-order valence-corrected chi connectivity index (χ4v) is 13.4. The summed E-state index contributed by atoms with van der Waals surface area (Å²) in [5, 5.41) is 40.1. The summed E-state index contributed by atoms with van der Waals surface area (Å²) in [6.45, 7) is 11.2. The number of piperazine rings is 1. The van der Waals surface area contributed by atoms with E-state index >= 15 is 4.39 Å². The number of esters is 1. The Kier molecular flexibility index (Phi) is 25.3. The Morgan fingerprint density at radius 2 is 1.61 bits per heavy atom. The second-order valence-corrected chi connectivity index (χ2v) is 25.1. The molecule has 3 saturated heterocycles. The number of alkyl halides is 3. The third-order valence-corrected chi connectivity index (χ3v) is 19.1. The number of methoxy groups -OCH3 is 3. The topological polar surface area (TPSA) is 269 Å². The van der Waals surface area contributed by atoms with Crippen LogP contribution in [0.25, 0.3) is 0 Å². The molecule has 0 radical (unpaired) electrons. The van der Waals surface area contributed by atoms with E-state index in [1.54, 1.807) is 32.8 Å². The molecule has 25 heteroatoms. The first-order chi connectivity index (χ1) is 42.7. The monoisotopic (exact) mass is 1270 g/mol. The Hall–Kier alpha value is -6.12. The van der Waals surface area contributed by atoms with Crippen LogP contribution in [0.1, 0.15) is 154 Å². The molecule has 90 heavy (non-hydrogen) atoms. The summed E-state index contributed by atoms with van der Waals surface area (Å²) in [4.78, 5) is 97.3. The van der Waals surface area contributed by atoms with Crippen LogP contribution in [0.2, 0.25) is 0 Å². The van der Waals surface area contributed by atoms with E-state index in [0.29, 0.717) is 57.6 Å². The van der Waals surface area contributed by atoms with Gasteiger partial charge in [-0.1, -0.05) is 50.5 Å². The van der Waals surface area contributed by atoms with Gasteiger partial charge in [-0.25, -0.2) is 14.2 Å². The largest absolute Gasteiger partial charge is 0.495 e. The van der Waals surface area contributed by atoms with Crippen molar-refractivity contribution in [3.05, 3.63) is 58.6 Å². The van der Waals surface area contributed by atoms with Crippen molar-refractivity contribution in [2.24, 2.45) is 35.5 Å². The smallest absolute Gasteiger partial charge is 0.421 e. The van der Waals surface area contributed by atoms with Crippen molar-refractivity contribution < 1.29 is 85.3 Å². The number of hydrogen-bond acceptors (Lipinski definition) is 18. The Bertz CT molecular complexity index is 2910. The van der Waals surface area contributed by atoms with Gasteiger partial charge in [-0.3, -0.25) is 24.0 Å². The molecule has 3 amide bonds. The number of rotatable bonds is 15. The van der Waals surface area contributed by atoms with Gasteiger partial charge in [-0.05, 0) is 122 Å². The quantitative estimate of drug-likeness (QED) is 0.0485. The van der Waals surface area contributed by atoms with Crippen LogP contribution < -0.4 is 15.4 Å². The number of halogens is 4. The van der Waals surface area contributed by atoms with Gasteiger partial charge >= 0.3 is 12.1 Å². The molecular weight excluding hydrogens is 1180 g/mol. The molecule has 13 atom stereocenters. The van der Waals surface area contributed by atoms with Gasteiger partial charge in [0.25, 0.3) is 17.6 Å². The molecule has 0 spiro atoms. The highest BCUT2D eigenvalue weighted by Crippen LogP contribution is 2.40. The van der Waals surface area contributed by atoms with E-state index < -0.39 is 113 Å². The molecule has 1 aromatic carbocycles. The number of aliphatic hydroxyl groups excluding tert-OH is 2. The maximum absolute atomic E-state index is 15.8. The maximum Gasteiger partial charge on any atom is 0.421 e. The summed E-state index contributed by atoms with van der Waals surface area (Å²) >= 11 is 0. The molecule has 500 valence electrons. The second-order valence-electron chi connectivity index (χ2n) is 25.1. The summed E-state index contributed by atoms with van der Waals surface area (Å²) in [6, 6.07) is 0.988. The van der Waals surface area contributed by atoms with Crippen molar-refractivity contribution in [2.75, 3.05) is 77.8 Å². The van der Waals surface area contributed by atoms with Crippen molar-refractivity contribution in [3.63, 3.8) is 0 Å². The van der Waals surface area contributed by atoms with Crippen LogP contribution in [0.5, 0.6) is 5.75 Å². The predicted octanol–water partition coefficient (Wildman–Crippen LogP) is 8.36. The molecule has 1 saturated carbocycles. The van der Waals surface area contributed by atoms with Gasteiger partial charge in [0.15, 0.2) is 0 Å². The number of cyclic esters (lactones) is 1. The van der Waals surface area contributed by atoms with Crippen LogP contribution in [0.4, 0.5) is 35.0 Å². The molecule has 1 aliphatic carbocycles. The number of carbonyl (C=O) groups is 6. The predicted molar refractivity (Wildman–Crippen MR) is 325 cm³/mol. The van der Waals surface area contributed by atoms with Gasteiger partial charge in [0, 0.05) is 96.3 Å². The van der Waals surface area contributed by atoms with Crippen LogP contribution in [-0.4, -0.2) is 185 Å².